The van der Waals surface area contributed by atoms with Crippen LogP contribution in [0, 0.1) is 12.1 Å². The van der Waals surface area contributed by atoms with E-state index in [1.807, 2.05) is 0 Å². The number of primary amides is 1. The van der Waals surface area contributed by atoms with E-state index in [1.165, 1.54) is 0 Å². The fourth-order valence-corrected chi connectivity index (χ4v) is 2.64. The predicted molar refractivity (Wildman–Crippen MR) is 86.9 cm³/mol. The molecule has 6 nitrogen and oxygen atoms in total. The highest BCUT2D eigenvalue weighted by molar-refractivity contribution is 5.99. The second-order valence-corrected chi connectivity index (χ2v) is 5.57. The molecule has 1 aliphatic rings. The van der Waals surface area contributed by atoms with E-state index in [0.717, 1.165) is 44.0 Å². The maximum atomic E-state index is 11.6. The third kappa shape index (κ3) is 3.84. The average molecular weight is 311 g/mol. The van der Waals surface area contributed by atoms with Gasteiger partial charge in [-0.2, -0.15) is 0 Å². The van der Waals surface area contributed by atoms with Gasteiger partial charge in [0.2, 0.25) is 0 Å². The fraction of sp³-hybridized carbons (Fsp3) is 0.353. The van der Waals surface area contributed by atoms with Crippen molar-refractivity contribution in [2.75, 3.05) is 25.1 Å². The van der Waals surface area contributed by atoms with E-state index in [0.29, 0.717) is 17.2 Å². The first kappa shape index (κ1) is 15.4. The summed E-state index contributed by atoms with van der Waals surface area (Å²) in [6.07, 6.45) is 6.48. The van der Waals surface area contributed by atoms with Crippen molar-refractivity contribution in [1.29, 1.82) is 0 Å². The molecule has 23 heavy (non-hydrogen) atoms. The van der Waals surface area contributed by atoms with E-state index >= 15 is 0 Å². The van der Waals surface area contributed by atoms with Gasteiger partial charge in [-0.25, -0.2) is 4.98 Å². The van der Waals surface area contributed by atoms with Gasteiger partial charge in [0.1, 0.15) is 5.82 Å². The molecule has 0 bridgehead atoms. The molecule has 0 spiro atoms. The number of carbonyl (C=O) groups is 1. The Hall–Kier alpha value is -2.47. The Morgan fingerprint density at radius 2 is 2.17 bits per heavy atom. The lowest BCUT2D eigenvalue weighted by Gasteiger charge is -2.22. The third-order valence-electron chi connectivity index (χ3n) is 3.97. The fourth-order valence-electron chi connectivity index (χ4n) is 2.64. The first-order valence-corrected chi connectivity index (χ1v) is 7.69. The summed E-state index contributed by atoms with van der Waals surface area (Å²) in [7, 11) is 0. The highest BCUT2D eigenvalue weighted by Gasteiger charge is 2.15. The highest BCUT2D eigenvalue weighted by atomic mass is 16.5. The van der Waals surface area contributed by atoms with Crippen LogP contribution in [0.2, 0.25) is 0 Å². The lowest BCUT2D eigenvalue weighted by Crippen LogP contribution is -2.23. The van der Waals surface area contributed by atoms with E-state index in [4.69, 9.17) is 10.5 Å². The highest BCUT2D eigenvalue weighted by Crippen LogP contribution is 2.23. The zero-order valence-electron chi connectivity index (χ0n) is 12.8. The van der Waals surface area contributed by atoms with E-state index in [9.17, 15) is 4.79 Å². The predicted octanol–water partition coefficient (Wildman–Crippen LogP) is 1.88. The van der Waals surface area contributed by atoms with Crippen LogP contribution in [0.1, 0.15) is 23.2 Å². The molecule has 1 fully saturated rings. The summed E-state index contributed by atoms with van der Waals surface area (Å²) in [5.41, 5.74) is 7.16. The third-order valence-corrected chi connectivity index (χ3v) is 3.97. The number of pyridine rings is 2. The van der Waals surface area contributed by atoms with E-state index in [1.54, 1.807) is 30.5 Å². The minimum absolute atomic E-state index is 0.390. The Balaban J connectivity index is 1.80. The van der Waals surface area contributed by atoms with Crippen molar-refractivity contribution in [3.8, 4) is 11.3 Å². The van der Waals surface area contributed by atoms with Crippen molar-refractivity contribution in [1.82, 2.24) is 9.97 Å². The van der Waals surface area contributed by atoms with Gasteiger partial charge in [-0.1, -0.05) is 0 Å². The Morgan fingerprint density at radius 3 is 2.87 bits per heavy atom. The van der Waals surface area contributed by atoms with Crippen LogP contribution in [0.4, 0.5) is 5.82 Å². The van der Waals surface area contributed by atoms with Crippen molar-refractivity contribution in [3.05, 3.63) is 42.2 Å². The van der Waals surface area contributed by atoms with Crippen LogP contribution in [-0.4, -0.2) is 35.6 Å². The molecule has 2 aromatic heterocycles. The number of nitrogens with two attached hydrogens (primary N) is 1. The van der Waals surface area contributed by atoms with Crippen molar-refractivity contribution >= 4 is 11.7 Å². The molecule has 3 rings (SSSR count). The molecule has 2 aromatic rings. The van der Waals surface area contributed by atoms with Gasteiger partial charge in [0.15, 0.2) is 0 Å². The van der Waals surface area contributed by atoms with Crippen LogP contribution < -0.4 is 11.1 Å². The number of anilines is 1. The van der Waals surface area contributed by atoms with Gasteiger partial charge in [-0.05, 0) is 43.0 Å². The van der Waals surface area contributed by atoms with E-state index in [2.05, 4.69) is 21.5 Å². The summed E-state index contributed by atoms with van der Waals surface area (Å²) in [5.74, 6) is 0.813. The minimum Gasteiger partial charge on any atom is -0.381 e. The minimum atomic E-state index is -0.500. The maximum absolute atomic E-state index is 11.6. The molecule has 3 N–H and O–H groups in total. The summed E-state index contributed by atoms with van der Waals surface area (Å²) in [4.78, 5) is 20.1. The number of amides is 1. The monoisotopic (exact) mass is 311 g/mol. The van der Waals surface area contributed by atoms with Crippen molar-refractivity contribution < 1.29 is 9.53 Å². The lowest BCUT2D eigenvalue weighted by atomic mass is 10.0. The van der Waals surface area contributed by atoms with Crippen molar-refractivity contribution in [2.45, 2.75) is 12.8 Å². The van der Waals surface area contributed by atoms with E-state index < -0.39 is 5.91 Å². The largest absolute Gasteiger partial charge is 0.381 e. The van der Waals surface area contributed by atoms with Gasteiger partial charge in [-0.15, -0.1) is 0 Å². The topological polar surface area (TPSA) is 90.1 Å². The number of nitrogens with zero attached hydrogens (tertiary/aromatic N) is 2. The van der Waals surface area contributed by atoms with Crippen LogP contribution in [0.25, 0.3) is 11.3 Å². The molecule has 1 amide bonds. The number of carbonyl (C=O) groups excluding carboxylic acids is 1. The summed E-state index contributed by atoms with van der Waals surface area (Å²) in [6, 6.07) is 6.97. The second-order valence-electron chi connectivity index (χ2n) is 5.57. The smallest absolute Gasteiger partial charge is 0.250 e. The normalized spacial score (nSPS) is 15.3. The molecular weight excluding hydrogens is 292 g/mol. The molecule has 0 aromatic carbocycles. The molecule has 0 aliphatic carbocycles. The number of aromatic nitrogens is 2. The van der Waals surface area contributed by atoms with Crippen LogP contribution in [0.3, 0.4) is 0 Å². The quantitative estimate of drug-likeness (QED) is 0.880. The van der Waals surface area contributed by atoms with Crippen LogP contribution in [0.5, 0.6) is 0 Å². The van der Waals surface area contributed by atoms with Gasteiger partial charge in [0.25, 0.3) is 5.91 Å². The number of hydrogen-bond acceptors (Lipinski definition) is 5. The molecule has 119 valence electrons. The molecule has 1 radical (unpaired) electrons. The van der Waals surface area contributed by atoms with Gasteiger partial charge in [0, 0.05) is 31.5 Å². The van der Waals surface area contributed by atoms with Crippen LogP contribution >= 0.6 is 0 Å². The molecule has 1 aliphatic heterocycles. The summed E-state index contributed by atoms with van der Waals surface area (Å²) in [5, 5.41) is 3.35. The number of nitrogens with one attached hydrogen (secondary N) is 1. The van der Waals surface area contributed by atoms with Crippen molar-refractivity contribution in [2.24, 2.45) is 11.7 Å². The molecule has 0 saturated carbocycles. The summed E-state index contributed by atoms with van der Waals surface area (Å²) >= 11 is 0. The Morgan fingerprint density at radius 1 is 1.35 bits per heavy atom. The summed E-state index contributed by atoms with van der Waals surface area (Å²) < 4.78 is 5.37. The molecule has 3 heterocycles. The van der Waals surface area contributed by atoms with Gasteiger partial charge < -0.3 is 15.8 Å². The number of ether oxygens (including phenoxy) is 1. The van der Waals surface area contributed by atoms with Crippen LogP contribution in [0.15, 0.2) is 30.5 Å². The Kier molecular flexibility index (Phi) is 4.83. The second kappa shape index (κ2) is 7.19. The molecule has 0 unspecified atom stereocenters. The summed E-state index contributed by atoms with van der Waals surface area (Å²) in [6.45, 7) is 2.48. The molecule has 1 saturated heterocycles. The van der Waals surface area contributed by atoms with Crippen molar-refractivity contribution in [3.63, 3.8) is 0 Å². The average Bonchev–Trinajstić information content (AvgIpc) is 2.61. The number of rotatable bonds is 5. The number of hydrogen-bond donors (Lipinski definition) is 2. The zero-order valence-corrected chi connectivity index (χ0v) is 12.8. The standard InChI is InChI=1S/C17H19N4O2/c18-17(22)14-1-2-15(20-11-12-5-9-23-10-6-12)21-16(14)13-3-7-19-8-4-13/h1-4,7,12H,5-6,9-11H2,(H2,18,22)(H,20,21). The van der Waals surface area contributed by atoms with Crippen LogP contribution in [-0.2, 0) is 4.74 Å². The molecule has 0 atom stereocenters. The SMILES string of the molecule is NC(=O)c1ccc(NCC2CCOCC2)nc1-c1c[c]ncc1. The maximum Gasteiger partial charge on any atom is 0.250 e. The Labute approximate surface area is 135 Å². The Bertz CT molecular complexity index is 670. The zero-order chi connectivity index (χ0) is 16.1. The lowest BCUT2D eigenvalue weighted by molar-refractivity contribution is 0.0699. The van der Waals surface area contributed by atoms with E-state index in [-0.39, 0.29) is 0 Å². The molecular formula is C17H19N4O2. The molecule has 6 heteroatoms. The first-order chi connectivity index (χ1) is 11.2. The van der Waals surface area contributed by atoms with Gasteiger partial charge in [0.05, 0.1) is 17.5 Å². The first-order valence-electron chi connectivity index (χ1n) is 7.69. The van der Waals surface area contributed by atoms with Gasteiger partial charge in [-0.3, -0.25) is 9.78 Å². The van der Waals surface area contributed by atoms with Gasteiger partial charge >= 0.3 is 0 Å².